The maximum atomic E-state index is 12.6. The number of urea groups is 2. The number of carboxylic acids is 2. The van der Waals surface area contributed by atoms with Crippen LogP contribution in [0.2, 0.25) is 0 Å². The predicted octanol–water partition coefficient (Wildman–Crippen LogP) is 9.71. The van der Waals surface area contributed by atoms with Gasteiger partial charge in [-0.1, -0.05) is 39.8 Å². The Hall–Kier alpha value is -6.62. The topological polar surface area (TPSA) is 261 Å². The van der Waals surface area contributed by atoms with Crippen molar-refractivity contribution in [3.63, 3.8) is 0 Å². The van der Waals surface area contributed by atoms with Crippen molar-refractivity contribution in [3.8, 4) is 11.5 Å². The Morgan fingerprint density at radius 2 is 1.12 bits per heavy atom. The molecule has 4 heterocycles. The number of sulfone groups is 1. The molecule has 0 atom stereocenters. The summed E-state index contributed by atoms with van der Waals surface area (Å²) in [6, 6.07) is 15.6. The van der Waals surface area contributed by atoms with Gasteiger partial charge in [-0.2, -0.15) is 0 Å². The van der Waals surface area contributed by atoms with Crippen LogP contribution in [-0.2, 0) is 21.3 Å². The summed E-state index contributed by atoms with van der Waals surface area (Å²) in [6.07, 6.45) is 5.37. The molecule has 0 aliphatic rings. The molecule has 0 saturated heterocycles. The van der Waals surface area contributed by atoms with Crippen LogP contribution < -0.4 is 30.7 Å². The molecule has 6 rings (SSSR count). The van der Waals surface area contributed by atoms with E-state index in [0.717, 1.165) is 39.6 Å². The monoisotopic (exact) mass is 976 g/mol. The number of aryl methyl sites for hydroxylation is 2. The van der Waals surface area contributed by atoms with Gasteiger partial charge in [0.25, 0.3) is 0 Å². The van der Waals surface area contributed by atoms with Crippen molar-refractivity contribution in [2.75, 3.05) is 34.5 Å². The molecule has 0 fully saturated rings. The number of pyridine rings is 2. The first-order valence-corrected chi connectivity index (χ1v) is 24.4. The average Bonchev–Trinajstić information content (AvgIpc) is 3.91. The molecule has 348 valence electrons. The Morgan fingerprint density at radius 1 is 0.636 bits per heavy atom. The van der Waals surface area contributed by atoms with Gasteiger partial charge in [-0.3, -0.25) is 10.6 Å². The molecule has 0 spiro atoms. The SMILES string of the molecule is Cc1ccc(NC(=O)Nc2ncc(CS(=O)(=O)c3ccc(C(=O)O)cn3)s2)c(OCC(C)C)c1.Cc1ccc(NC(=O)Nc2ncc(CSc3ccc(C(=O)O)cn3)s2)c(OCC(C)C)c1. The summed E-state index contributed by atoms with van der Waals surface area (Å²) in [6.45, 7) is 13.1. The number of hydrogen-bond donors (Lipinski definition) is 6. The highest BCUT2D eigenvalue weighted by Gasteiger charge is 2.21. The lowest BCUT2D eigenvalue weighted by molar-refractivity contribution is 0.0685. The van der Waals surface area contributed by atoms with E-state index in [1.807, 2.05) is 58.0 Å². The van der Waals surface area contributed by atoms with Crippen LogP contribution in [-0.4, -0.2) is 75.8 Å². The first kappa shape index (κ1) is 50.4. The molecular formula is C44H48N8O10S4. The van der Waals surface area contributed by atoms with Crippen LogP contribution in [0, 0.1) is 25.7 Å². The number of benzene rings is 2. The summed E-state index contributed by atoms with van der Waals surface area (Å²) in [4.78, 5) is 64.2. The van der Waals surface area contributed by atoms with Crippen molar-refractivity contribution in [3.05, 3.63) is 117 Å². The quantitative estimate of drug-likeness (QED) is 0.0438. The van der Waals surface area contributed by atoms with Crippen LogP contribution in [0.1, 0.15) is 69.3 Å². The minimum atomic E-state index is -3.82. The molecule has 0 unspecified atom stereocenters. The fourth-order valence-corrected chi connectivity index (χ4v) is 9.33. The largest absolute Gasteiger partial charge is 0.491 e. The van der Waals surface area contributed by atoms with Gasteiger partial charge in [-0.05, 0) is 85.3 Å². The number of nitrogens with one attached hydrogen (secondary N) is 4. The molecule has 6 aromatic rings. The fraction of sp³-hybridized carbons (Fsp3) is 0.273. The molecule has 18 nitrogen and oxygen atoms in total. The molecule has 4 aromatic heterocycles. The Bertz CT molecular complexity index is 2740. The number of anilines is 4. The van der Waals surface area contributed by atoms with Gasteiger partial charge in [0.15, 0.2) is 15.3 Å². The predicted molar refractivity (Wildman–Crippen MR) is 255 cm³/mol. The molecule has 66 heavy (non-hydrogen) atoms. The van der Waals surface area contributed by atoms with Crippen LogP contribution in [0.5, 0.6) is 11.5 Å². The third-order valence-electron chi connectivity index (χ3n) is 8.44. The third-order valence-corrected chi connectivity index (χ3v) is 13.2. The van der Waals surface area contributed by atoms with Gasteiger partial charge in [0.1, 0.15) is 11.5 Å². The van der Waals surface area contributed by atoms with E-state index in [9.17, 15) is 27.6 Å². The van der Waals surface area contributed by atoms with E-state index in [1.54, 1.807) is 18.3 Å². The number of aromatic nitrogens is 4. The van der Waals surface area contributed by atoms with E-state index in [0.29, 0.717) is 68.7 Å². The maximum absolute atomic E-state index is 12.6. The number of carboxylic acid groups (broad SMARTS) is 2. The number of carbonyl (C=O) groups excluding carboxylic acids is 2. The maximum Gasteiger partial charge on any atom is 0.337 e. The molecule has 4 amide bonds. The first-order chi connectivity index (χ1) is 31.3. The van der Waals surface area contributed by atoms with E-state index < -0.39 is 39.6 Å². The van der Waals surface area contributed by atoms with Crippen molar-refractivity contribution < 1.29 is 47.3 Å². The number of amides is 4. The van der Waals surface area contributed by atoms with Crippen LogP contribution in [0.15, 0.2) is 95.5 Å². The number of thiazole rings is 2. The molecule has 0 aliphatic heterocycles. The Labute approximate surface area is 393 Å². The van der Waals surface area contributed by atoms with E-state index in [1.165, 1.54) is 47.6 Å². The minimum absolute atomic E-state index is 0.111. The second-order valence-electron chi connectivity index (χ2n) is 15.3. The van der Waals surface area contributed by atoms with Crippen molar-refractivity contribution in [1.82, 2.24) is 19.9 Å². The summed E-state index contributed by atoms with van der Waals surface area (Å²) in [5, 5.41) is 29.9. The molecule has 0 saturated carbocycles. The third kappa shape index (κ3) is 15.8. The van der Waals surface area contributed by atoms with Gasteiger partial charge in [0, 0.05) is 40.3 Å². The summed E-state index contributed by atoms with van der Waals surface area (Å²) in [5.74, 6) is -0.120. The van der Waals surface area contributed by atoms with Crippen LogP contribution >= 0.6 is 34.4 Å². The summed E-state index contributed by atoms with van der Waals surface area (Å²) in [7, 11) is -3.82. The van der Waals surface area contributed by atoms with Gasteiger partial charge in [-0.25, -0.2) is 47.5 Å². The van der Waals surface area contributed by atoms with E-state index in [-0.39, 0.29) is 21.3 Å². The highest BCUT2D eigenvalue weighted by Crippen LogP contribution is 2.30. The first-order valence-electron chi connectivity index (χ1n) is 20.1. The number of carbonyl (C=O) groups is 4. The number of rotatable bonds is 18. The average molecular weight is 977 g/mol. The van der Waals surface area contributed by atoms with Crippen molar-refractivity contribution in [2.45, 2.75) is 63.1 Å². The van der Waals surface area contributed by atoms with Crippen LogP contribution in [0.25, 0.3) is 0 Å². The van der Waals surface area contributed by atoms with Gasteiger partial charge in [0.2, 0.25) is 9.84 Å². The molecule has 22 heteroatoms. The standard InChI is InChI=1S/C22H24N4O6S2.C22H24N4O4S2/c1-13(2)11-32-18-8-14(3)4-6-17(18)25-21(29)26-22-24-10-16(33-22)12-34(30,31)19-7-5-15(9-23-19)20(27)28;1-13(2)11-30-18-8-14(3)4-6-17(18)25-21(29)26-22-24-10-16(32-22)12-31-19-7-5-15(9-23-19)20(27)28/h4-10,13H,11-12H2,1-3H3,(H,27,28)(H2,24,25,26,29);4-10,13H,11-12H2,1-3H3,(H,27,28)(H2,24,25,26,29). The van der Waals surface area contributed by atoms with Gasteiger partial charge in [-0.15, -0.1) is 34.4 Å². The molecule has 2 aromatic carbocycles. The normalized spacial score (nSPS) is 11.0. The van der Waals surface area contributed by atoms with Crippen LogP contribution in [0.4, 0.5) is 31.2 Å². The number of ether oxygens (including phenoxy) is 2. The Balaban J connectivity index is 0.000000248. The lowest BCUT2D eigenvalue weighted by atomic mass is 10.2. The van der Waals surface area contributed by atoms with E-state index in [2.05, 4.69) is 55.1 Å². The molecule has 0 aliphatic carbocycles. The number of nitrogens with zero attached hydrogens (tertiary/aromatic N) is 4. The van der Waals surface area contributed by atoms with Gasteiger partial charge < -0.3 is 30.3 Å². The molecule has 0 radical (unpaired) electrons. The van der Waals surface area contributed by atoms with Gasteiger partial charge >= 0.3 is 24.0 Å². The molecular weight excluding hydrogens is 929 g/mol. The smallest absolute Gasteiger partial charge is 0.337 e. The molecule has 0 bridgehead atoms. The van der Waals surface area contributed by atoms with E-state index >= 15 is 0 Å². The highest BCUT2D eigenvalue weighted by atomic mass is 32.2. The second-order valence-corrected chi connectivity index (χ2v) is 20.4. The van der Waals surface area contributed by atoms with Crippen molar-refractivity contribution in [2.24, 2.45) is 11.8 Å². The zero-order valence-corrected chi connectivity index (χ0v) is 39.9. The number of hydrogen-bond acceptors (Lipinski definition) is 15. The summed E-state index contributed by atoms with van der Waals surface area (Å²) < 4.78 is 36.8. The summed E-state index contributed by atoms with van der Waals surface area (Å²) >= 11 is 3.83. The molecule has 6 N–H and O–H groups in total. The van der Waals surface area contributed by atoms with Crippen molar-refractivity contribution >= 4 is 89.9 Å². The number of aromatic carboxylic acids is 2. The lowest BCUT2D eigenvalue weighted by Crippen LogP contribution is -2.20. The Morgan fingerprint density at radius 3 is 1.58 bits per heavy atom. The highest BCUT2D eigenvalue weighted by molar-refractivity contribution is 7.98. The van der Waals surface area contributed by atoms with Gasteiger partial charge in [0.05, 0.1) is 46.5 Å². The lowest BCUT2D eigenvalue weighted by Gasteiger charge is -2.14. The minimum Gasteiger partial charge on any atom is -0.491 e. The number of thioether (sulfide) groups is 1. The zero-order chi connectivity index (χ0) is 48.0. The van der Waals surface area contributed by atoms with Crippen molar-refractivity contribution in [1.29, 1.82) is 0 Å². The summed E-state index contributed by atoms with van der Waals surface area (Å²) in [5.41, 5.74) is 3.17. The Kier molecular flexibility index (Phi) is 18.0. The van der Waals surface area contributed by atoms with E-state index in [4.69, 9.17) is 19.7 Å². The fourth-order valence-electron chi connectivity index (χ4n) is 5.27. The van der Waals surface area contributed by atoms with Crippen LogP contribution in [0.3, 0.4) is 0 Å². The zero-order valence-electron chi connectivity index (χ0n) is 36.6. The second kappa shape index (κ2) is 23.5.